The Hall–Kier alpha value is -3.29. The summed E-state index contributed by atoms with van der Waals surface area (Å²) in [6.07, 6.45) is 0.184. The van der Waals surface area contributed by atoms with Crippen molar-refractivity contribution in [1.29, 1.82) is 0 Å². The van der Waals surface area contributed by atoms with Crippen molar-refractivity contribution < 1.29 is 18.4 Å². The molecule has 2 aromatic rings. The zero-order valence-electron chi connectivity index (χ0n) is 19.5. The maximum atomic E-state index is 14.5. The first kappa shape index (κ1) is 24.4. The third-order valence-electron chi connectivity index (χ3n) is 6.39. The summed E-state index contributed by atoms with van der Waals surface area (Å²) in [6.45, 7) is 9.26. The number of hydrogen-bond acceptors (Lipinski definition) is 4. The molecule has 0 bridgehead atoms. The van der Waals surface area contributed by atoms with Crippen LogP contribution in [-0.2, 0) is 4.79 Å². The highest BCUT2D eigenvalue weighted by molar-refractivity contribution is 5.99. The van der Waals surface area contributed by atoms with Gasteiger partial charge >= 0.3 is 0 Å². The summed E-state index contributed by atoms with van der Waals surface area (Å²) in [7, 11) is 0. The van der Waals surface area contributed by atoms with Crippen molar-refractivity contribution in [3.05, 3.63) is 70.8 Å². The van der Waals surface area contributed by atoms with Crippen LogP contribution in [-0.4, -0.2) is 28.2 Å². The lowest BCUT2D eigenvalue weighted by Gasteiger charge is -2.40. The summed E-state index contributed by atoms with van der Waals surface area (Å²) in [6, 6.07) is 8.71. The molecule has 6 nitrogen and oxygen atoms in total. The predicted octanol–water partition coefficient (Wildman–Crippen LogP) is 4.48. The topological polar surface area (TPSA) is 87.8 Å². The van der Waals surface area contributed by atoms with Crippen LogP contribution >= 0.6 is 0 Å². The molecule has 1 heterocycles. The second-order valence-corrected chi connectivity index (χ2v) is 9.12. The number of amides is 2. The molecule has 0 spiro atoms. The standard InChI is InChI=1S/C25H30F2N4O2/c1-14(2)25(5)13-22(32)31(24(28)30-25)16(4)18-9-19(12-21(27)11-18)23(33)29-15(3)17-7-6-8-20(26)10-17/h6-12,14-16H,13H2,1-5H3,(H2,28,30)(H,29,33)/t15-,16+,25-/m0/s1. The van der Waals surface area contributed by atoms with Crippen molar-refractivity contribution in [3.63, 3.8) is 0 Å². The fraction of sp³-hybridized carbons (Fsp3) is 0.400. The molecule has 8 heteroatoms. The molecule has 0 aliphatic carbocycles. The molecule has 0 saturated heterocycles. The number of nitrogens with two attached hydrogens (primary N) is 1. The van der Waals surface area contributed by atoms with Crippen LogP contribution in [0.4, 0.5) is 8.78 Å². The van der Waals surface area contributed by atoms with Crippen molar-refractivity contribution in [2.24, 2.45) is 16.6 Å². The molecule has 1 aliphatic rings. The Kier molecular flexibility index (Phi) is 6.86. The van der Waals surface area contributed by atoms with E-state index < -0.39 is 35.2 Å². The van der Waals surface area contributed by atoms with E-state index >= 15 is 0 Å². The van der Waals surface area contributed by atoms with Gasteiger partial charge in [-0.05, 0) is 68.1 Å². The number of halogens is 2. The van der Waals surface area contributed by atoms with E-state index in [1.165, 1.54) is 29.2 Å². The van der Waals surface area contributed by atoms with Crippen molar-refractivity contribution in [3.8, 4) is 0 Å². The van der Waals surface area contributed by atoms with E-state index in [4.69, 9.17) is 5.73 Å². The van der Waals surface area contributed by atoms with Gasteiger partial charge in [0.05, 0.1) is 24.0 Å². The largest absolute Gasteiger partial charge is 0.369 e. The molecule has 0 aromatic heterocycles. The van der Waals surface area contributed by atoms with E-state index in [2.05, 4.69) is 10.3 Å². The molecule has 2 aromatic carbocycles. The number of rotatable bonds is 6. The van der Waals surface area contributed by atoms with Crippen LogP contribution in [0.2, 0.25) is 0 Å². The molecule has 0 saturated carbocycles. The number of aliphatic imine (C=N–C) groups is 1. The summed E-state index contributed by atoms with van der Waals surface area (Å²) < 4.78 is 28.0. The summed E-state index contributed by atoms with van der Waals surface area (Å²) in [5, 5.41) is 2.75. The van der Waals surface area contributed by atoms with Crippen LogP contribution < -0.4 is 11.1 Å². The Morgan fingerprint density at radius 1 is 1.09 bits per heavy atom. The van der Waals surface area contributed by atoms with Crippen LogP contribution in [0.25, 0.3) is 0 Å². The highest BCUT2D eigenvalue weighted by Gasteiger charge is 2.40. The second-order valence-electron chi connectivity index (χ2n) is 9.12. The minimum atomic E-state index is -0.624. The van der Waals surface area contributed by atoms with Gasteiger partial charge in [-0.25, -0.2) is 13.8 Å². The maximum absolute atomic E-state index is 14.5. The highest BCUT2D eigenvalue weighted by atomic mass is 19.1. The van der Waals surface area contributed by atoms with E-state index in [0.29, 0.717) is 11.1 Å². The molecule has 0 radical (unpaired) electrons. The monoisotopic (exact) mass is 456 g/mol. The van der Waals surface area contributed by atoms with Gasteiger partial charge in [0.1, 0.15) is 11.6 Å². The smallest absolute Gasteiger partial charge is 0.251 e. The average molecular weight is 457 g/mol. The Labute approximate surface area is 192 Å². The van der Waals surface area contributed by atoms with Gasteiger partial charge in [0, 0.05) is 5.56 Å². The lowest BCUT2D eigenvalue weighted by Crippen LogP contribution is -2.53. The SMILES string of the molecule is CC(C)[C@]1(C)CC(=O)N([C@H](C)c2cc(F)cc(C(=O)N[C@@H](C)c3cccc(F)c3)c2)C(N)=N1. The maximum Gasteiger partial charge on any atom is 0.251 e. The Morgan fingerprint density at radius 2 is 1.76 bits per heavy atom. The number of nitrogens with one attached hydrogen (secondary N) is 1. The number of hydrogen-bond donors (Lipinski definition) is 2. The highest BCUT2D eigenvalue weighted by Crippen LogP contribution is 2.33. The van der Waals surface area contributed by atoms with Gasteiger partial charge in [0.15, 0.2) is 5.96 Å². The number of nitrogens with zero attached hydrogens (tertiary/aromatic N) is 2. The van der Waals surface area contributed by atoms with Crippen LogP contribution in [0.1, 0.15) is 74.6 Å². The van der Waals surface area contributed by atoms with Crippen LogP contribution in [0.3, 0.4) is 0 Å². The Bertz CT molecular complexity index is 1100. The van der Waals surface area contributed by atoms with E-state index in [-0.39, 0.29) is 29.8 Å². The van der Waals surface area contributed by atoms with Crippen LogP contribution in [0.15, 0.2) is 47.5 Å². The Morgan fingerprint density at radius 3 is 2.36 bits per heavy atom. The molecular weight excluding hydrogens is 426 g/mol. The molecular formula is C25H30F2N4O2. The summed E-state index contributed by atoms with van der Waals surface area (Å²) in [4.78, 5) is 31.6. The summed E-state index contributed by atoms with van der Waals surface area (Å²) in [5.74, 6) is -1.56. The van der Waals surface area contributed by atoms with E-state index in [1.807, 2.05) is 20.8 Å². The third kappa shape index (κ3) is 5.21. The molecule has 3 rings (SSSR count). The normalized spacial score (nSPS) is 20.4. The molecule has 176 valence electrons. The van der Waals surface area contributed by atoms with Gasteiger partial charge in [-0.1, -0.05) is 26.0 Å². The first-order chi connectivity index (χ1) is 15.4. The minimum absolute atomic E-state index is 0.0740. The van der Waals surface area contributed by atoms with Gasteiger partial charge in [0.25, 0.3) is 5.91 Å². The zero-order chi connectivity index (χ0) is 24.5. The van der Waals surface area contributed by atoms with E-state index in [0.717, 1.165) is 6.07 Å². The van der Waals surface area contributed by atoms with Crippen LogP contribution in [0.5, 0.6) is 0 Å². The lowest BCUT2D eigenvalue weighted by atomic mass is 9.84. The molecule has 1 aliphatic heterocycles. The number of carbonyl (C=O) groups excluding carboxylic acids is 2. The fourth-order valence-electron chi connectivity index (χ4n) is 3.89. The number of carbonyl (C=O) groups is 2. The number of benzene rings is 2. The quantitative estimate of drug-likeness (QED) is 0.672. The van der Waals surface area contributed by atoms with Crippen molar-refractivity contribution in [2.75, 3.05) is 0 Å². The third-order valence-corrected chi connectivity index (χ3v) is 6.39. The van der Waals surface area contributed by atoms with Gasteiger partial charge in [0.2, 0.25) is 5.91 Å². The Balaban J connectivity index is 1.85. The fourth-order valence-corrected chi connectivity index (χ4v) is 3.89. The van der Waals surface area contributed by atoms with E-state index in [9.17, 15) is 18.4 Å². The molecule has 2 amide bonds. The second kappa shape index (κ2) is 9.29. The number of guanidine groups is 1. The summed E-state index contributed by atoms with van der Waals surface area (Å²) in [5.41, 5.74) is 6.64. The first-order valence-corrected chi connectivity index (χ1v) is 11.0. The van der Waals surface area contributed by atoms with E-state index in [1.54, 1.807) is 26.0 Å². The first-order valence-electron chi connectivity index (χ1n) is 11.0. The minimum Gasteiger partial charge on any atom is -0.369 e. The molecule has 3 N–H and O–H groups in total. The molecule has 0 fully saturated rings. The molecule has 0 unspecified atom stereocenters. The molecule has 3 atom stereocenters. The lowest BCUT2D eigenvalue weighted by molar-refractivity contribution is -0.131. The predicted molar refractivity (Wildman–Crippen MR) is 123 cm³/mol. The van der Waals surface area contributed by atoms with Gasteiger partial charge < -0.3 is 11.1 Å². The van der Waals surface area contributed by atoms with Gasteiger partial charge in [-0.15, -0.1) is 0 Å². The van der Waals surface area contributed by atoms with Gasteiger partial charge in [-0.3, -0.25) is 14.5 Å². The average Bonchev–Trinajstić information content (AvgIpc) is 2.72. The van der Waals surface area contributed by atoms with Gasteiger partial charge in [-0.2, -0.15) is 0 Å². The molecule has 33 heavy (non-hydrogen) atoms. The zero-order valence-corrected chi connectivity index (χ0v) is 19.5. The van der Waals surface area contributed by atoms with Crippen molar-refractivity contribution >= 4 is 17.8 Å². The summed E-state index contributed by atoms with van der Waals surface area (Å²) >= 11 is 0. The van der Waals surface area contributed by atoms with Crippen molar-refractivity contribution in [1.82, 2.24) is 10.2 Å². The van der Waals surface area contributed by atoms with Crippen molar-refractivity contribution in [2.45, 2.75) is 58.7 Å². The van der Waals surface area contributed by atoms with Crippen LogP contribution in [0, 0.1) is 17.6 Å².